The van der Waals surface area contributed by atoms with Crippen molar-refractivity contribution < 1.29 is 0 Å². The standard InChI is InChI=1S/C52H34N2S/c1-2-16-37(17-3-1)54-48-25-10-7-20-43(48)46-34-39(32-33-49(46)54)53(38-30-28-36(29-31-38)41-22-12-15-35-14-4-5-18-40(35)41)47-24-9-6-19-42(47)44-23-13-27-51-52(44)45-21-8-11-26-50(45)55-51/h1-34H. The van der Waals surface area contributed by atoms with Crippen LogP contribution in [0.1, 0.15) is 0 Å². The molecular weight excluding hydrogens is 685 g/mol. The van der Waals surface area contributed by atoms with E-state index in [9.17, 15) is 0 Å². The molecule has 258 valence electrons. The van der Waals surface area contributed by atoms with Crippen LogP contribution in [-0.4, -0.2) is 4.57 Å². The first-order chi connectivity index (χ1) is 27.3. The quantitative estimate of drug-likeness (QED) is 0.166. The second kappa shape index (κ2) is 12.9. The molecule has 0 aliphatic rings. The molecule has 0 spiro atoms. The number of fused-ring (bicyclic) bond motifs is 7. The normalized spacial score (nSPS) is 11.6. The van der Waals surface area contributed by atoms with Gasteiger partial charge >= 0.3 is 0 Å². The van der Waals surface area contributed by atoms with Crippen LogP contribution in [-0.2, 0) is 0 Å². The van der Waals surface area contributed by atoms with Crippen molar-refractivity contribution in [2.45, 2.75) is 0 Å². The number of thiophene rings is 1. The minimum absolute atomic E-state index is 1.10. The maximum atomic E-state index is 2.45. The molecule has 55 heavy (non-hydrogen) atoms. The van der Waals surface area contributed by atoms with Crippen LogP contribution in [0.5, 0.6) is 0 Å². The molecule has 0 N–H and O–H groups in total. The van der Waals surface area contributed by atoms with Gasteiger partial charge in [0.25, 0.3) is 0 Å². The van der Waals surface area contributed by atoms with Gasteiger partial charge in [-0.1, -0.05) is 140 Å². The second-order valence-corrected chi connectivity index (χ2v) is 15.2. The van der Waals surface area contributed by atoms with Gasteiger partial charge in [0.05, 0.1) is 16.7 Å². The maximum absolute atomic E-state index is 2.45. The van der Waals surface area contributed by atoms with Crippen LogP contribution in [0.4, 0.5) is 17.1 Å². The first kappa shape index (κ1) is 31.6. The van der Waals surface area contributed by atoms with Crippen LogP contribution in [0, 0.1) is 0 Å². The zero-order chi connectivity index (χ0) is 36.3. The van der Waals surface area contributed by atoms with E-state index in [1.165, 1.54) is 75.0 Å². The summed E-state index contributed by atoms with van der Waals surface area (Å²) in [7, 11) is 0. The molecular formula is C52H34N2S. The van der Waals surface area contributed by atoms with E-state index >= 15 is 0 Å². The molecule has 2 aromatic heterocycles. The third kappa shape index (κ3) is 5.16. The third-order valence-corrected chi connectivity index (χ3v) is 12.1. The molecule has 3 heteroatoms. The lowest BCUT2D eigenvalue weighted by Crippen LogP contribution is -2.11. The van der Waals surface area contributed by atoms with E-state index in [4.69, 9.17) is 0 Å². The first-order valence-corrected chi connectivity index (χ1v) is 19.6. The van der Waals surface area contributed by atoms with E-state index in [-0.39, 0.29) is 0 Å². The molecule has 0 fully saturated rings. The van der Waals surface area contributed by atoms with E-state index < -0.39 is 0 Å². The summed E-state index contributed by atoms with van der Waals surface area (Å²) in [5, 5.41) is 7.57. The third-order valence-electron chi connectivity index (χ3n) is 11.0. The van der Waals surface area contributed by atoms with Crippen LogP contribution in [0.2, 0.25) is 0 Å². The minimum atomic E-state index is 1.10. The van der Waals surface area contributed by atoms with E-state index in [2.05, 4.69) is 216 Å². The average molecular weight is 719 g/mol. The highest BCUT2D eigenvalue weighted by atomic mass is 32.1. The van der Waals surface area contributed by atoms with E-state index in [0.717, 1.165) is 22.7 Å². The highest BCUT2D eigenvalue weighted by Gasteiger charge is 2.22. The average Bonchev–Trinajstić information content (AvgIpc) is 3.80. The predicted molar refractivity (Wildman–Crippen MR) is 237 cm³/mol. The molecule has 0 amide bonds. The monoisotopic (exact) mass is 718 g/mol. The Bertz CT molecular complexity index is 3200. The molecule has 0 atom stereocenters. The fourth-order valence-corrected chi connectivity index (χ4v) is 9.68. The molecule has 0 radical (unpaired) electrons. The summed E-state index contributed by atoms with van der Waals surface area (Å²) >= 11 is 1.86. The Morgan fingerprint density at radius 2 is 1.00 bits per heavy atom. The Morgan fingerprint density at radius 1 is 0.382 bits per heavy atom. The Balaban J connectivity index is 1.15. The Hall–Kier alpha value is -6.94. The highest BCUT2D eigenvalue weighted by molar-refractivity contribution is 7.25. The molecule has 0 saturated heterocycles. The fourth-order valence-electron chi connectivity index (χ4n) is 8.55. The van der Waals surface area contributed by atoms with Crippen molar-refractivity contribution in [3.8, 4) is 27.9 Å². The van der Waals surface area contributed by atoms with E-state index in [1.54, 1.807) is 0 Å². The van der Waals surface area contributed by atoms with Gasteiger partial charge in [-0.05, 0) is 94.2 Å². The van der Waals surface area contributed by atoms with Gasteiger partial charge < -0.3 is 9.47 Å². The van der Waals surface area contributed by atoms with Crippen molar-refractivity contribution in [2.75, 3.05) is 4.90 Å². The molecule has 2 nitrogen and oxygen atoms in total. The van der Waals surface area contributed by atoms with Crippen LogP contribution >= 0.6 is 11.3 Å². The molecule has 11 aromatic rings. The van der Waals surface area contributed by atoms with Crippen molar-refractivity contribution in [1.29, 1.82) is 0 Å². The summed E-state index contributed by atoms with van der Waals surface area (Å²) < 4.78 is 4.99. The van der Waals surface area contributed by atoms with E-state index in [1.807, 2.05) is 11.3 Å². The molecule has 2 heterocycles. The molecule has 0 aliphatic carbocycles. The van der Waals surface area contributed by atoms with Gasteiger partial charge in [-0.3, -0.25) is 0 Å². The summed E-state index contributed by atoms with van der Waals surface area (Å²) in [6.07, 6.45) is 0. The Kier molecular flexibility index (Phi) is 7.39. The van der Waals surface area contributed by atoms with Gasteiger partial charge in [0.1, 0.15) is 0 Å². The fraction of sp³-hybridized carbons (Fsp3) is 0. The number of nitrogens with zero attached hydrogens (tertiary/aromatic N) is 2. The zero-order valence-electron chi connectivity index (χ0n) is 29.9. The zero-order valence-corrected chi connectivity index (χ0v) is 30.7. The van der Waals surface area contributed by atoms with Crippen molar-refractivity contribution in [3.63, 3.8) is 0 Å². The van der Waals surface area contributed by atoms with Crippen LogP contribution < -0.4 is 4.90 Å². The summed E-state index contributed by atoms with van der Waals surface area (Å²) in [6, 6.07) is 75.2. The number of benzene rings is 9. The number of hydrogen-bond acceptors (Lipinski definition) is 2. The van der Waals surface area contributed by atoms with E-state index in [0.29, 0.717) is 0 Å². The molecule has 9 aromatic carbocycles. The van der Waals surface area contributed by atoms with Crippen molar-refractivity contribution >= 4 is 81.1 Å². The first-order valence-electron chi connectivity index (χ1n) is 18.8. The highest BCUT2D eigenvalue weighted by Crippen LogP contribution is 2.47. The smallest absolute Gasteiger partial charge is 0.0542 e. The van der Waals surface area contributed by atoms with Gasteiger partial charge in [0, 0.05) is 53.6 Å². The molecule has 11 rings (SSSR count). The van der Waals surface area contributed by atoms with Gasteiger partial charge in [0.2, 0.25) is 0 Å². The number of hydrogen-bond donors (Lipinski definition) is 0. The summed E-state index contributed by atoms with van der Waals surface area (Å²) in [6.45, 7) is 0. The summed E-state index contributed by atoms with van der Waals surface area (Å²) in [4.78, 5) is 2.45. The minimum Gasteiger partial charge on any atom is -0.310 e. The Labute approximate surface area is 323 Å². The number of rotatable bonds is 6. The maximum Gasteiger partial charge on any atom is 0.0542 e. The molecule has 0 unspecified atom stereocenters. The van der Waals surface area contributed by atoms with Gasteiger partial charge in [-0.25, -0.2) is 0 Å². The van der Waals surface area contributed by atoms with Crippen LogP contribution in [0.15, 0.2) is 206 Å². The topological polar surface area (TPSA) is 8.17 Å². The Morgan fingerprint density at radius 3 is 1.89 bits per heavy atom. The van der Waals surface area contributed by atoms with Crippen LogP contribution in [0.25, 0.3) is 80.7 Å². The number of aromatic nitrogens is 1. The lowest BCUT2D eigenvalue weighted by molar-refractivity contribution is 1.18. The lowest BCUT2D eigenvalue weighted by atomic mass is 9.96. The van der Waals surface area contributed by atoms with Gasteiger partial charge in [0.15, 0.2) is 0 Å². The summed E-state index contributed by atoms with van der Waals surface area (Å²) in [5.41, 5.74) is 11.8. The number of para-hydroxylation sites is 3. The second-order valence-electron chi connectivity index (χ2n) is 14.1. The molecule has 0 saturated carbocycles. The predicted octanol–water partition coefficient (Wildman–Crippen LogP) is 15.1. The van der Waals surface area contributed by atoms with Crippen LogP contribution in [0.3, 0.4) is 0 Å². The van der Waals surface area contributed by atoms with Gasteiger partial charge in [-0.15, -0.1) is 11.3 Å². The SMILES string of the molecule is c1ccc(-n2c3ccccc3c3cc(N(c4ccc(-c5cccc6ccccc56)cc4)c4ccccc4-c4cccc5sc6ccccc6c45)ccc32)cc1. The van der Waals surface area contributed by atoms with Crippen molar-refractivity contribution in [3.05, 3.63) is 206 Å². The lowest BCUT2D eigenvalue weighted by Gasteiger charge is -2.28. The summed E-state index contributed by atoms with van der Waals surface area (Å²) in [5.74, 6) is 0. The van der Waals surface area contributed by atoms with Crippen molar-refractivity contribution in [1.82, 2.24) is 4.57 Å². The van der Waals surface area contributed by atoms with Crippen molar-refractivity contribution in [2.24, 2.45) is 0 Å². The van der Waals surface area contributed by atoms with Gasteiger partial charge in [-0.2, -0.15) is 0 Å². The number of anilines is 3. The molecule has 0 aliphatic heterocycles. The largest absolute Gasteiger partial charge is 0.310 e. The molecule has 0 bridgehead atoms.